The van der Waals surface area contributed by atoms with Crippen molar-refractivity contribution in [3.63, 3.8) is 0 Å². The number of likely N-dealkylation sites (tertiary alicyclic amines) is 1. The first-order valence-corrected chi connectivity index (χ1v) is 12.0. The second kappa shape index (κ2) is 9.02. The van der Waals surface area contributed by atoms with Gasteiger partial charge >= 0.3 is 0 Å². The van der Waals surface area contributed by atoms with Gasteiger partial charge in [0.25, 0.3) is 5.91 Å². The predicted octanol–water partition coefficient (Wildman–Crippen LogP) is 2.47. The first-order valence-electron chi connectivity index (χ1n) is 10.5. The highest BCUT2D eigenvalue weighted by atomic mass is 32.2. The third kappa shape index (κ3) is 5.10. The van der Waals surface area contributed by atoms with Crippen LogP contribution >= 0.6 is 0 Å². The number of nitrogens with zero attached hydrogens (tertiary/aromatic N) is 2. The van der Waals surface area contributed by atoms with Gasteiger partial charge in [0.15, 0.2) is 0 Å². The largest absolute Gasteiger partial charge is 0.495 e. The molecule has 0 atom stereocenters. The molecule has 7 nitrogen and oxygen atoms in total. The number of ether oxygens (including phenoxy) is 1. The molecule has 1 saturated carbocycles. The monoisotopic (exact) mass is 423 g/mol. The van der Waals surface area contributed by atoms with Crippen LogP contribution in [0.3, 0.4) is 0 Å². The number of rotatable bonds is 8. The topological polar surface area (TPSA) is 79.0 Å². The molecule has 3 rings (SSSR count). The first kappa shape index (κ1) is 22.1. The van der Waals surface area contributed by atoms with Gasteiger partial charge in [-0.25, -0.2) is 13.1 Å². The van der Waals surface area contributed by atoms with Crippen molar-refractivity contribution >= 4 is 15.9 Å². The molecule has 0 spiro atoms. The van der Waals surface area contributed by atoms with Crippen LogP contribution in [0.1, 0.15) is 56.8 Å². The number of methoxy groups -OCH3 is 1. The summed E-state index contributed by atoms with van der Waals surface area (Å²) in [5.74, 6) is 0.162. The number of piperidine rings is 1. The summed E-state index contributed by atoms with van der Waals surface area (Å²) in [6.45, 7) is 8.71. The maximum atomic E-state index is 13.4. The van der Waals surface area contributed by atoms with Gasteiger partial charge in [-0.15, -0.1) is 0 Å². The van der Waals surface area contributed by atoms with E-state index in [4.69, 9.17) is 4.74 Å². The van der Waals surface area contributed by atoms with Gasteiger partial charge in [-0.05, 0) is 64.3 Å². The minimum atomic E-state index is -3.78. The second-order valence-electron chi connectivity index (χ2n) is 8.25. The molecular weight excluding hydrogens is 390 g/mol. The molecule has 29 heavy (non-hydrogen) atoms. The van der Waals surface area contributed by atoms with Crippen LogP contribution in [-0.4, -0.2) is 69.0 Å². The molecular formula is C21H33N3O4S. The maximum absolute atomic E-state index is 13.4. The van der Waals surface area contributed by atoms with E-state index in [9.17, 15) is 13.2 Å². The van der Waals surface area contributed by atoms with E-state index in [2.05, 4.69) is 16.5 Å². The number of hydrogen-bond acceptors (Lipinski definition) is 5. The Morgan fingerprint density at radius 1 is 1.21 bits per heavy atom. The van der Waals surface area contributed by atoms with E-state index in [1.54, 1.807) is 26.0 Å². The summed E-state index contributed by atoms with van der Waals surface area (Å²) >= 11 is 0. The summed E-state index contributed by atoms with van der Waals surface area (Å²) in [6.07, 6.45) is 3.98. The van der Waals surface area contributed by atoms with Crippen LogP contribution < -0.4 is 9.46 Å². The predicted molar refractivity (Wildman–Crippen MR) is 113 cm³/mol. The molecule has 8 heteroatoms. The summed E-state index contributed by atoms with van der Waals surface area (Å²) in [5.41, 5.74) is 0.403. The van der Waals surface area contributed by atoms with Gasteiger partial charge in [-0.1, -0.05) is 6.92 Å². The molecule has 0 radical (unpaired) electrons. The lowest BCUT2D eigenvalue weighted by molar-refractivity contribution is 0.0554. The lowest BCUT2D eigenvalue weighted by Gasteiger charge is -2.38. The zero-order valence-electron chi connectivity index (χ0n) is 17.8. The number of hydrogen-bond donors (Lipinski definition) is 1. The number of amides is 1. The Morgan fingerprint density at radius 3 is 2.34 bits per heavy atom. The van der Waals surface area contributed by atoms with Crippen molar-refractivity contribution in [1.82, 2.24) is 14.5 Å². The molecule has 0 bridgehead atoms. The summed E-state index contributed by atoms with van der Waals surface area (Å²) < 4.78 is 33.4. The van der Waals surface area contributed by atoms with E-state index in [-0.39, 0.29) is 34.7 Å². The minimum Gasteiger partial charge on any atom is -0.495 e. The van der Waals surface area contributed by atoms with Crippen LogP contribution in [-0.2, 0) is 10.0 Å². The molecule has 1 amide bonds. The maximum Gasteiger partial charge on any atom is 0.254 e. The quantitative estimate of drug-likeness (QED) is 0.695. The van der Waals surface area contributed by atoms with Crippen LogP contribution in [0.15, 0.2) is 23.1 Å². The van der Waals surface area contributed by atoms with Crippen molar-refractivity contribution in [2.45, 2.75) is 69.5 Å². The summed E-state index contributed by atoms with van der Waals surface area (Å²) in [4.78, 5) is 17.9. The highest BCUT2D eigenvalue weighted by Crippen LogP contribution is 2.34. The average Bonchev–Trinajstić information content (AvgIpc) is 3.52. The number of sulfonamides is 1. The van der Waals surface area contributed by atoms with Gasteiger partial charge in [0.05, 0.1) is 7.11 Å². The van der Waals surface area contributed by atoms with Gasteiger partial charge in [0.2, 0.25) is 10.0 Å². The second-order valence-corrected chi connectivity index (χ2v) is 9.93. The van der Waals surface area contributed by atoms with Crippen LogP contribution in [0, 0.1) is 0 Å². The molecule has 1 aliphatic carbocycles. The van der Waals surface area contributed by atoms with Crippen molar-refractivity contribution < 1.29 is 17.9 Å². The van der Waals surface area contributed by atoms with Gasteiger partial charge < -0.3 is 14.5 Å². The van der Waals surface area contributed by atoms with Crippen molar-refractivity contribution in [2.24, 2.45) is 0 Å². The van der Waals surface area contributed by atoms with Crippen LogP contribution in [0.25, 0.3) is 0 Å². The molecule has 1 aromatic carbocycles. The highest BCUT2D eigenvalue weighted by molar-refractivity contribution is 7.89. The van der Waals surface area contributed by atoms with Gasteiger partial charge in [-0.2, -0.15) is 0 Å². The Hall–Kier alpha value is -1.64. The zero-order chi connectivity index (χ0) is 21.2. The third-order valence-corrected chi connectivity index (χ3v) is 7.34. The Bertz CT molecular complexity index is 828. The summed E-state index contributed by atoms with van der Waals surface area (Å²) in [6, 6.07) is 4.95. The molecule has 2 aliphatic rings. The van der Waals surface area contributed by atoms with E-state index in [0.29, 0.717) is 5.56 Å². The fourth-order valence-electron chi connectivity index (χ4n) is 4.04. The number of nitrogens with one attached hydrogen (secondary N) is 1. The standard InChI is InChI=1S/C21H33N3O4S/c1-5-23-12-10-18(11-13-23)24(17-7-8-17)21(25)16-6-9-19(28-4)20(14-16)29(26,27)22-15(2)3/h6,9,14-15,17-18,22H,5,7-8,10-13H2,1-4H3. The van der Waals surface area contributed by atoms with E-state index in [1.165, 1.54) is 13.2 Å². The highest BCUT2D eigenvalue weighted by Gasteiger charge is 2.39. The van der Waals surface area contributed by atoms with E-state index in [1.807, 2.05) is 4.90 Å². The molecule has 1 aromatic rings. The number of benzene rings is 1. The lowest BCUT2D eigenvalue weighted by atomic mass is 10.0. The molecule has 0 unspecified atom stereocenters. The van der Waals surface area contributed by atoms with Gasteiger partial charge in [-0.3, -0.25) is 4.79 Å². The zero-order valence-corrected chi connectivity index (χ0v) is 18.7. The molecule has 1 saturated heterocycles. The number of carbonyl (C=O) groups excluding carboxylic acids is 1. The average molecular weight is 424 g/mol. The number of carbonyl (C=O) groups is 1. The lowest BCUT2D eigenvalue weighted by Crippen LogP contribution is -2.48. The smallest absolute Gasteiger partial charge is 0.254 e. The SMILES string of the molecule is CCN1CCC(N(C(=O)c2ccc(OC)c(S(=O)(=O)NC(C)C)c2)C2CC2)CC1. The molecule has 0 aromatic heterocycles. The van der Waals surface area contributed by atoms with Gasteiger partial charge in [0, 0.05) is 36.8 Å². The van der Waals surface area contributed by atoms with Crippen molar-refractivity contribution in [2.75, 3.05) is 26.7 Å². The Balaban J connectivity index is 1.88. The summed E-state index contributed by atoms with van der Waals surface area (Å²) in [7, 11) is -2.34. The normalized spacial score (nSPS) is 18.8. The molecule has 1 aliphatic heterocycles. The van der Waals surface area contributed by atoms with Crippen molar-refractivity contribution in [1.29, 1.82) is 0 Å². The minimum absolute atomic E-state index is 0.0103. The van der Waals surface area contributed by atoms with Crippen LogP contribution in [0.4, 0.5) is 0 Å². The Labute approximate surface area is 174 Å². The fraction of sp³-hybridized carbons (Fsp3) is 0.667. The van der Waals surface area contributed by atoms with Crippen LogP contribution in [0.5, 0.6) is 5.75 Å². The third-order valence-electron chi connectivity index (χ3n) is 5.66. The molecule has 1 heterocycles. The van der Waals surface area contributed by atoms with Crippen LogP contribution in [0.2, 0.25) is 0 Å². The molecule has 1 N–H and O–H groups in total. The molecule has 2 fully saturated rings. The van der Waals surface area contributed by atoms with E-state index < -0.39 is 10.0 Å². The first-order chi connectivity index (χ1) is 13.8. The van der Waals surface area contributed by atoms with Crippen molar-refractivity contribution in [3.05, 3.63) is 23.8 Å². The van der Waals surface area contributed by atoms with E-state index >= 15 is 0 Å². The van der Waals surface area contributed by atoms with E-state index in [0.717, 1.165) is 45.3 Å². The summed E-state index contributed by atoms with van der Waals surface area (Å²) in [5, 5.41) is 0. The fourth-order valence-corrected chi connectivity index (χ4v) is 5.48. The molecule has 162 valence electrons. The Morgan fingerprint density at radius 2 is 1.83 bits per heavy atom. The van der Waals surface area contributed by atoms with Gasteiger partial charge in [0.1, 0.15) is 10.6 Å². The Kier molecular flexibility index (Phi) is 6.86. The van der Waals surface area contributed by atoms with Crippen molar-refractivity contribution in [3.8, 4) is 5.75 Å².